The summed E-state index contributed by atoms with van der Waals surface area (Å²) in [7, 11) is 1.53. The number of H-pyrrole nitrogens is 1. The van der Waals surface area contributed by atoms with Gasteiger partial charge < -0.3 is 15.0 Å². The van der Waals surface area contributed by atoms with Crippen LogP contribution in [-0.4, -0.2) is 23.0 Å². The Morgan fingerprint density at radius 1 is 1.14 bits per heavy atom. The Morgan fingerprint density at radius 3 is 2.48 bits per heavy atom. The number of halogens is 3. The van der Waals surface area contributed by atoms with Crippen LogP contribution in [-0.2, 0) is 12.6 Å². The highest BCUT2D eigenvalue weighted by Gasteiger charge is 2.33. The summed E-state index contributed by atoms with van der Waals surface area (Å²) in [6.45, 7) is 0. The fraction of sp³-hybridized carbons (Fsp3) is 0.150. The third-order valence-electron chi connectivity index (χ3n) is 4.03. The van der Waals surface area contributed by atoms with Crippen LogP contribution in [0, 0.1) is 0 Å². The second kappa shape index (κ2) is 8.17. The number of aromatic nitrogens is 2. The van der Waals surface area contributed by atoms with Crippen LogP contribution in [0.15, 0.2) is 59.4 Å². The van der Waals surface area contributed by atoms with Crippen molar-refractivity contribution in [1.29, 1.82) is 0 Å². The number of hydrogen-bond donors (Lipinski definition) is 2. The predicted molar refractivity (Wildman–Crippen MR) is 100 cm³/mol. The molecule has 0 aliphatic rings. The Bertz CT molecular complexity index is 1080. The second-order valence-electron chi connectivity index (χ2n) is 6.10. The van der Waals surface area contributed by atoms with Crippen molar-refractivity contribution < 1.29 is 22.7 Å². The maximum Gasteiger partial charge on any atom is 0.418 e. The Hall–Kier alpha value is -3.62. The number of rotatable bonds is 5. The molecule has 0 spiro atoms. The van der Waals surface area contributed by atoms with Crippen LogP contribution in [0.1, 0.15) is 27.4 Å². The quantitative estimate of drug-likeness (QED) is 0.681. The van der Waals surface area contributed by atoms with E-state index in [1.807, 2.05) is 0 Å². The molecule has 1 heterocycles. The SMILES string of the molecule is COc1ccc(Cc2nc(C(=O)Nc3ccccc3C(F)(F)F)cc(=O)[nH]2)cc1. The molecule has 0 radical (unpaired) electrons. The number of benzene rings is 2. The first kappa shape index (κ1) is 20.1. The number of nitrogens with zero attached hydrogens (tertiary/aromatic N) is 1. The molecular weight excluding hydrogens is 387 g/mol. The fourth-order valence-electron chi connectivity index (χ4n) is 2.67. The number of aromatic amines is 1. The van der Waals surface area contributed by atoms with Crippen molar-refractivity contribution in [2.24, 2.45) is 0 Å². The average Bonchev–Trinajstić information content (AvgIpc) is 2.67. The van der Waals surface area contributed by atoms with Gasteiger partial charge in [0.15, 0.2) is 0 Å². The third kappa shape index (κ3) is 5.01. The molecule has 29 heavy (non-hydrogen) atoms. The lowest BCUT2D eigenvalue weighted by molar-refractivity contribution is -0.136. The first-order chi connectivity index (χ1) is 13.8. The Morgan fingerprint density at radius 2 is 1.83 bits per heavy atom. The maximum atomic E-state index is 13.1. The summed E-state index contributed by atoms with van der Waals surface area (Å²) in [5, 5.41) is 2.18. The van der Waals surface area contributed by atoms with E-state index in [1.165, 1.54) is 19.2 Å². The Kier molecular flexibility index (Phi) is 5.67. The van der Waals surface area contributed by atoms with E-state index < -0.39 is 28.9 Å². The van der Waals surface area contributed by atoms with E-state index in [0.29, 0.717) is 5.75 Å². The zero-order chi connectivity index (χ0) is 21.0. The van der Waals surface area contributed by atoms with E-state index in [-0.39, 0.29) is 17.9 Å². The average molecular weight is 403 g/mol. The minimum absolute atomic E-state index is 0.205. The van der Waals surface area contributed by atoms with Crippen LogP contribution in [0.4, 0.5) is 18.9 Å². The number of anilines is 1. The molecule has 3 rings (SSSR count). The summed E-state index contributed by atoms with van der Waals surface area (Å²) in [6.07, 6.45) is -4.41. The molecule has 0 atom stereocenters. The second-order valence-corrected chi connectivity index (χ2v) is 6.10. The topological polar surface area (TPSA) is 84.1 Å². The first-order valence-corrected chi connectivity index (χ1v) is 8.47. The number of nitrogens with one attached hydrogen (secondary N) is 2. The van der Waals surface area contributed by atoms with E-state index in [9.17, 15) is 22.8 Å². The van der Waals surface area contributed by atoms with Gasteiger partial charge in [0.2, 0.25) is 0 Å². The summed E-state index contributed by atoms with van der Waals surface area (Å²) in [5.74, 6) is -0.0487. The van der Waals surface area contributed by atoms with E-state index >= 15 is 0 Å². The van der Waals surface area contributed by atoms with Crippen molar-refractivity contribution in [3.63, 3.8) is 0 Å². The van der Waals surface area contributed by atoms with Crippen molar-refractivity contribution in [3.05, 3.63) is 87.6 Å². The summed E-state index contributed by atoms with van der Waals surface area (Å²) in [4.78, 5) is 30.9. The Labute approximate surface area is 163 Å². The van der Waals surface area contributed by atoms with Crippen molar-refractivity contribution in [2.75, 3.05) is 12.4 Å². The summed E-state index contributed by atoms with van der Waals surface area (Å²) in [6, 6.07) is 12.5. The van der Waals surface area contributed by atoms with Gasteiger partial charge in [0, 0.05) is 12.5 Å². The van der Waals surface area contributed by atoms with Gasteiger partial charge in [-0.2, -0.15) is 13.2 Å². The first-order valence-electron chi connectivity index (χ1n) is 8.47. The van der Waals surface area contributed by atoms with Gasteiger partial charge in [-0.3, -0.25) is 9.59 Å². The standard InChI is InChI=1S/C20H16F3N3O3/c1-29-13-8-6-12(7-9-13)10-17-24-16(11-18(27)26-17)19(28)25-15-5-3-2-4-14(15)20(21,22)23/h2-9,11H,10H2,1H3,(H,25,28)(H,24,26,27). The van der Waals surface area contributed by atoms with Gasteiger partial charge in [0.1, 0.15) is 17.3 Å². The number of hydrogen-bond acceptors (Lipinski definition) is 4. The lowest BCUT2D eigenvalue weighted by Crippen LogP contribution is -2.22. The molecule has 2 aromatic carbocycles. The smallest absolute Gasteiger partial charge is 0.418 e. The number of alkyl halides is 3. The molecular formula is C20H16F3N3O3. The number of carbonyl (C=O) groups excluding carboxylic acids is 1. The number of carbonyl (C=O) groups is 1. The van der Waals surface area contributed by atoms with Crippen molar-refractivity contribution in [1.82, 2.24) is 9.97 Å². The van der Waals surface area contributed by atoms with Crippen molar-refractivity contribution in [2.45, 2.75) is 12.6 Å². The van der Waals surface area contributed by atoms with E-state index in [2.05, 4.69) is 15.3 Å². The molecule has 0 fully saturated rings. The van der Waals surface area contributed by atoms with E-state index in [0.717, 1.165) is 23.8 Å². The molecule has 3 aromatic rings. The molecule has 1 aromatic heterocycles. The van der Waals surface area contributed by atoms with Crippen LogP contribution >= 0.6 is 0 Å². The lowest BCUT2D eigenvalue weighted by Gasteiger charge is -2.13. The minimum Gasteiger partial charge on any atom is -0.497 e. The molecule has 6 nitrogen and oxygen atoms in total. The van der Waals surface area contributed by atoms with Crippen LogP contribution in [0.25, 0.3) is 0 Å². The number of ether oxygens (including phenoxy) is 1. The molecule has 150 valence electrons. The summed E-state index contributed by atoms with van der Waals surface area (Å²) >= 11 is 0. The van der Waals surface area contributed by atoms with Gasteiger partial charge in [-0.1, -0.05) is 24.3 Å². The zero-order valence-electron chi connectivity index (χ0n) is 15.2. The normalized spacial score (nSPS) is 11.2. The van der Waals surface area contributed by atoms with Crippen LogP contribution in [0.2, 0.25) is 0 Å². The lowest BCUT2D eigenvalue weighted by atomic mass is 10.1. The van der Waals surface area contributed by atoms with E-state index in [4.69, 9.17) is 4.74 Å². The Balaban J connectivity index is 1.84. The van der Waals surface area contributed by atoms with Crippen LogP contribution in [0.3, 0.4) is 0 Å². The number of methoxy groups -OCH3 is 1. The largest absolute Gasteiger partial charge is 0.497 e. The van der Waals surface area contributed by atoms with Crippen LogP contribution < -0.4 is 15.6 Å². The minimum atomic E-state index is -4.63. The maximum absolute atomic E-state index is 13.1. The van der Waals surface area contributed by atoms with Gasteiger partial charge in [0.05, 0.1) is 18.4 Å². The third-order valence-corrected chi connectivity index (χ3v) is 4.03. The molecule has 0 bridgehead atoms. The van der Waals surface area contributed by atoms with Gasteiger partial charge in [-0.25, -0.2) is 4.98 Å². The van der Waals surface area contributed by atoms with Gasteiger partial charge >= 0.3 is 6.18 Å². The number of para-hydroxylation sites is 1. The summed E-state index contributed by atoms with van der Waals surface area (Å²) in [5.41, 5.74) is -1.47. The van der Waals surface area contributed by atoms with Gasteiger partial charge in [0.25, 0.3) is 11.5 Å². The number of amides is 1. The van der Waals surface area contributed by atoms with Crippen molar-refractivity contribution >= 4 is 11.6 Å². The highest BCUT2D eigenvalue weighted by atomic mass is 19.4. The highest BCUT2D eigenvalue weighted by molar-refractivity contribution is 6.03. The zero-order valence-corrected chi connectivity index (χ0v) is 15.2. The highest BCUT2D eigenvalue weighted by Crippen LogP contribution is 2.34. The van der Waals surface area contributed by atoms with E-state index in [1.54, 1.807) is 24.3 Å². The molecule has 0 saturated carbocycles. The van der Waals surface area contributed by atoms with Crippen molar-refractivity contribution in [3.8, 4) is 5.75 Å². The molecule has 0 unspecified atom stereocenters. The fourth-order valence-corrected chi connectivity index (χ4v) is 2.67. The van der Waals surface area contributed by atoms with Crippen LogP contribution in [0.5, 0.6) is 5.75 Å². The molecule has 0 aliphatic carbocycles. The summed E-state index contributed by atoms with van der Waals surface area (Å²) < 4.78 is 44.4. The molecule has 9 heteroatoms. The molecule has 2 N–H and O–H groups in total. The predicted octanol–water partition coefficient (Wildman–Crippen LogP) is 3.64. The molecule has 0 aliphatic heterocycles. The molecule has 1 amide bonds. The van der Waals surface area contributed by atoms with Gasteiger partial charge in [-0.05, 0) is 29.8 Å². The monoisotopic (exact) mass is 403 g/mol. The molecule has 0 saturated heterocycles. The van der Waals surface area contributed by atoms with Gasteiger partial charge in [-0.15, -0.1) is 0 Å².